The molecule has 1 aromatic heterocycles. The SMILES string of the molecule is CCOC(=O)N1CCN(C(=O)Cn2cc(Cl)cn2)CC1. The Hall–Kier alpha value is -1.76. The molecule has 2 rings (SSSR count). The average molecular weight is 301 g/mol. The van der Waals surface area contributed by atoms with Crippen molar-refractivity contribution in [1.29, 1.82) is 0 Å². The first-order valence-electron chi connectivity index (χ1n) is 6.47. The van der Waals surface area contributed by atoms with Crippen LogP contribution in [-0.4, -0.2) is 64.4 Å². The normalized spacial score (nSPS) is 15.3. The smallest absolute Gasteiger partial charge is 0.409 e. The molecule has 0 N–H and O–H groups in total. The summed E-state index contributed by atoms with van der Waals surface area (Å²) < 4.78 is 6.43. The number of carbonyl (C=O) groups is 2. The number of hydrogen-bond acceptors (Lipinski definition) is 4. The maximum atomic E-state index is 12.1. The summed E-state index contributed by atoms with van der Waals surface area (Å²) in [5.74, 6) is -0.0340. The lowest BCUT2D eigenvalue weighted by molar-refractivity contribution is -0.133. The number of halogens is 1. The van der Waals surface area contributed by atoms with E-state index in [0.717, 1.165) is 0 Å². The number of aromatic nitrogens is 2. The van der Waals surface area contributed by atoms with Gasteiger partial charge in [-0.3, -0.25) is 9.48 Å². The Morgan fingerprint density at radius 3 is 2.50 bits per heavy atom. The van der Waals surface area contributed by atoms with Crippen molar-refractivity contribution in [1.82, 2.24) is 19.6 Å². The molecule has 0 aliphatic carbocycles. The van der Waals surface area contributed by atoms with Gasteiger partial charge in [-0.05, 0) is 6.92 Å². The predicted molar refractivity (Wildman–Crippen MR) is 72.4 cm³/mol. The summed E-state index contributed by atoms with van der Waals surface area (Å²) >= 11 is 5.75. The minimum absolute atomic E-state index is 0.0340. The molecule has 0 bridgehead atoms. The van der Waals surface area contributed by atoms with E-state index >= 15 is 0 Å². The average Bonchev–Trinajstić information content (AvgIpc) is 2.84. The second-order valence-electron chi connectivity index (χ2n) is 4.42. The lowest BCUT2D eigenvalue weighted by atomic mass is 10.3. The quantitative estimate of drug-likeness (QED) is 0.829. The molecule has 1 aliphatic rings. The summed E-state index contributed by atoms with van der Waals surface area (Å²) in [6.07, 6.45) is 2.78. The standard InChI is InChI=1S/C12H17ClN4O3/c1-2-20-12(19)16-5-3-15(4-6-16)11(18)9-17-8-10(13)7-14-17/h7-8H,2-6,9H2,1H3. The highest BCUT2D eigenvalue weighted by atomic mass is 35.5. The number of nitrogens with zero attached hydrogens (tertiary/aromatic N) is 4. The van der Waals surface area contributed by atoms with Crippen LogP contribution in [0.1, 0.15) is 6.92 Å². The topological polar surface area (TPSA) is 67.7 Å². The largest absolute Gasteiger partial charge is 0.450 e. The zero-order valence-electron chi connectivity index (χ0n) is 11.3. The van der Waals surface area contributed by atoms with E-state index in [4.69, 9.17) is 16.3 Å². The molecule has 1 fully saturated rings. The van der Waals surface area contributed by atoms with Crippen LogP contribution in [0.25, 0.3) is 0 Å². The van der Waals surface area contributed by atoms with Gasteiger partial charge in [0, 0.05) is 32.4 Å². The third-order valence-electron chi connectivity index (χ3n) is 3.06. The molecule has 1 saturated heterocycles. The molecule has 8 heteroatoms. The molecule has 20 heavy (non-hydrogen) atoms. The third kappa shape index (κ3) is 3.63. The van der Waals surface area contributed by atoms with Crippen LogP contribution in [0.4, 0.5) is 4.79 Å². The van der Waals surface area contributed by atoms with Crippen LogP contribution in [0, 0.1) is 0 Å². The van der Waals surface area contributed by atoms with E-state index in [2.05, 4.69) is 5.10 Å². The van der Waals surface area contributed by atoms with Crippen LogP contribution >= 0.6 is 11.6 Å². The molecule has 0 spiro atoms. The molecule has 0 unspecified atom stereocenters. The van der Waals surface area contributed by atoms with Crippen molar-refractivity contribution in [3.05, 3.63) is 17.4 Å². The molecule has 7 nitrogen and oxygen atoms in total. The summed E-state index contributed by atoms with van der Waals surface area (Å²) in [5, 5.41) is 4.48. The van der Waals surface area contributed by atoms with E-state index in [0.29, 0.717) is 37.8 Å². The van der Waals surface area contributed by atoms with E-state index in [1.54, 1.807) is 22.9 Å². The molecule has 0 atom stereocenters. The first-order chi connectivity index (χ1) is 9.60. The van der Waals surface area contributed by atoms with Crippen molar-refractivity contribution in [2.45, 2.75) is 13.5 Å². The molecule has 0 aromatic carbocycles. The van der Waals surface area contributed by atoms with Crippen LogP contribution in [0.15, 0.2) is 12.4 Å². The maximum absolute atomic E-state index is 12.1. The molecule has 0 radical (unpaired) electrons. The summed E-state index contributed by atoms with van der Waals surface area (Å²) in [6.45, 7) is 4.28. The highest BCUT2D eigenvalue weighted by Gasteiger charge is 2.24. The van der Waals surface area contributed by atoms with E-state index in [-0.39, 0.29) is 18.5 Å². The van der Waals surface area contributed by atoms with Gasteiger partial charge in [0.15, 0.2) is 0 Å². The first-order valence-corrected chi connectivity index (χ1v) is 6.85. The van der Waals surface area contributed by atoms with Gasteiger partial charge in [0.25, 0.3) is 0 Å². The Balaban J connectivity index is 1.81. The van der Waals surface area contributed by atoms with Gasteiger partial charge in [-0.15, -0.1) is 0 Å². The Morgan fingerprint density at radius 2 is 1.95 bits per heavy atom. The van der Waals surface area contributed by atoms with Crippen molar-refractivity contribution in [2.24, 2.45) is 0 Å². The predicted octanol–water partition coefficient (Wildman–Crippen LogP) is 0.837. The van der Waals surface area contributed by atoms with Crippen molar-refractivity contribution in [3.8, 4) is 0 Å². The van der Waals surface area contributed by atoms with Gasteiger partial charge < -0.3 is 14.5 Å². The van der Waals surface area contributed by atoms with Crippen LogP contribution in [0.3, 0.4) is 0 Å². The lowest BCUT2D eigenvalue weighted by Crippen LogP contribution is -2.51. The maximum Gasteiger partial charge on any atom is 0.409 e. The number of rotatable bonds is 3. The highest BCUT2D eigenvalue weighted by Crippen LogP contribution is 2.07. The van der Waals surface area contributed by atoms with E-state index in [1.807, 2.05) is 0 Å². The van der Waals surface area contributed by atoms with Crippen LogP contribution in [0.2, 0.25) is 5.02 Å². The summed E-state index contributed by atoms with van der Waals surface area (Å²) in [6, 6.07) is 0. The van der Waals surface area contributed by atoms with E-state index < -0.39 is 0 Å². The minimum atomic E-state index is -0.321. The van der Waals surface area contributed by atoms with Crippen LogP contribution < -0.4 is 0 Å². The first kappa shape index (κ1) is 14.6. The number of carbonyl (C=O) groups excluding carboxylic acids is 2. The third-order valence-corrected chi connectivity index (χ3v) is 3.25. The Morgan fingerprint density at radius 1 is 1.30 bits per heavy atom. The number of piperazine rings is 1. The van der Waals surface area contributed by atoms with Crippen molar-refractivity contribution in [2.75, 3.05) is 32.8 Å². The van der Waals surface area contributed by atoms with Crippen molar-refractivity contribution < 1.29 is 14.3 Å². The summed E-state index contributed by atoms with van der Waals surface area (Å²) in [4.78, 5) is 26.9. The monoisotopic (exact) mass is 300 g/mol. The zero-order valence-corrected chi connectivity index (χ0v) is 12.0. The fourth-order valence-corrected chi connectivity index (χ4v) is 2.17. The van der Waals surface area contributed by atoms with Gasteiger partial charge in [-0.1, -0.05) is 11.6 Å². The molecule has 1 aromatic rings. The molecule has 1 aliphatic heterocycles. The van der Waals surface area contributed by atoms with Gasteiger partial charge in [0.05, 0.1) is 17.8 Å². The van der Waals surface area contributed by atoms with Gasteiger partial charge in [0.1, 0.15) is 6.54 Å². The van der Waals surface area contributed by atoms with Gasteiger partial charge >= 0.3 is 6.09 Å². The minimum Gasteiger partial charge on any atom is -0.450 e. The van der Waals surface area contributed by atoms with Gasteiger partial charge in [-0.25, -0.2) is 4.79 Å². The second-order valence-corrected chi connectivity index (χ2v) is 4.86. The van der Waals surface area contributed by atoms with Gasteiger partial charge in [0.2, 0.25) is 5.91 Å². The van der Waals surface area contributed by atoms with E-state index in [9.17, 15) is 9.59 Å². The van der Waals surface area contributed by atoms with Gasteiger partial charge in [-0.2, -0.15) is 5.10 Å². The molecule has 110 valence electrons. The fraction of sp³-hybridized carbons (Fsp3) is 0.583. The van der Waals surface area contributed by atoms with Crippen LogP contribution in [0.5, 0.6) is 0 Å². The lowest BCUT2D eigenvalue weighted by Gasteiger charge is -2.34. The number of ether oxygens (including phenoxy) is 1. The van der Waals surface area contributed by atoms with Crippen molar-refractivity contribution >= 4 is 23.6 Å². The Bertz CT molecular complexity index is 483. The molecule has 2 heterocycles. The fourth-order valence-electron chi connectivity index (χ4n) is 2.02. The van der Waals surface area contributed by atoms with Crippen LogP contribution in [-0.2, 0) is 16.1 Å². The van der Waals surface area contributed by atoms with Crippen molar-refractivity contribution in [3.63, 3.8) is 0 Å². The number of amides is 2. The zero-order chi connectivity index (χ0) is 14.5. The van der Waals surface area contributed by atoms with E-state index in [1.165, 1.54) is 10.9 Å². The highest BCUT2D eigenvalue weighted by molar-refractivity contribution is 6.30. The molecular formula is C12H17ClN4O3. The molecule has 2 amide bonds. The Labute approximate surface area is 122 Å². The Kier molecular flexibility index (Phi) is 4.84. The molecular weight excluding hydrogens is 284 g/mol. The second kappa shape index (κ2) is 6.60. The summed E-state index contributed by atoms with van der Waals surface area (Å²) in [5.41, 5.74) is 0. The summed E-state index contributed by atoms with van der Waals surface area (Å²) in [7, 11) is 0. The molecule has 0 saturated carbocycles. The number of hydrogen-bond donors (Lipinski definition) is 0.